The Morgan fingerprint density at radius 2 is 1.51 bits per heavy atom. The summed E-state index contributed by atoms with van der Waals surface area (Å²) in [6.45, 7) is 8.46. The van der Waals surface area contributed by atoms with Gasteiger partial charge in [0, 0.05) is 30.8 Å². The fourth-order valence-corrected chi connectivity index (χ4v) is 9.31. The van der Waals surface area contributed by atoms with E-state index in [1.54, 1.807) is 14.2 Å². The molecule has 2 saturated heterocycles. The van der Waals surface area contributed by atoms with Gasteiger partial charge in [-0.1, -0.05) is 54.6 Å². The summed E-state index contributed by atoms with van der Waals surface area (Å²) in [5.41, 5.74) is -2.50. The molecular formula is C41H49N4O9P. The molecule has 1 aromatic heterocycles. The molecule has 3 heterocycles. The highest BCUT2D eigenvalue weighted by molar-refractivity contribution is 7.44. The van der Waals surface area contributed by atoms with E-state index >= 15 is 0 Å². The first-order valence-electron chi connectivity index (χ1n) is 18.3. The van der Waals surface area contributed by atoms with Crippen LogP contribution in [-0.4, -0.2) is 78.7 Å². The molecule has 0 amide bonds. The Morgan fingerprint density at radius 3 is 2.05 bits per heavy atom. The Kier molecular flexibility index (Phi) is 12.6. The van der Waals surface area contributed by atoms with E-state index in [-0.39, 0.29) is 51.4 Å². The summed E-state index contributed by atoms with van der Waals surface area (Å²) in [5, 5.41) is 9.37. The molecule has 292 valence electrons. The molecule has 2 aliphatic rings. The number of nitriles is 1. The zero-order valence-electron chi connectivity index (χ0n) is 32.1. The number of aromatic amines is 1. The molecule has 1 N–H and O–H groups in total. The van der Waals surface area contributed by atoms with Crippen molar-refractivity contribution in [1.82, 2.24) is 14.2 Å². The van der Waals surface area contributed by atoms with Crippen molar-refractivity contribution in [1.29, 1.82) is 5.26 Å². The monoisotopic (exact) mass is 772 g/mol. The third kappa shape index (κ3) is 8.13. The van der Waals surface area contributed by atoms with Crippen LogP contribution in [0.5, 0.6) is 11.5 Å². The molecule has 0 radical (unpaired) electrons. The second-order valence-corrected chi connectivity index (χ2v) is 15.6. The molecule has 0 aliphatic carbocycles. The Labute approximate surface area is 322 Å². The van der Waals surface area contributed by atoms with Crippen molar-refractivity contribution >= 4 is 8.53 Å². The number of benzene rings is 3. The predicted octanol–water partition coefficient (Wildman–Crippen LogP) is 6.07. The van der Waals surface area contributed by atoms with E-state index in [9.17, 15) is 14.9 Å². The summed E-state index contributed by atoms with van der Waals surface area (Å²) in [6.07, 6.45) is 1.05. The van der Waals surface area contributed by atoms with Gasteiger partial charge in [0.05, 0.1) is 53.1 Å². The zero-order valence-corrected chi connectivity index (χ0v) is 33.0. The van der Waals surface area contributed by atoms with Gasteiger partial charge in [0.2, 0.25) is 0 Å². The molecule has 4 aromatic rings. The molecule has 6 rings (SSSR count). The van der Waals surface area contributed by atoms with Gasteiger partial charge in [-0.3, -0.25) is 14.3 Å². The number of nitrogens with zero attached hydrogens (tertiary/aromatic N) is 3. The van der Waals surface area contributed by atoms with E-state index in [2.05, 4.69) is 43.4 Å². The fraction of sp³-hybridized carbons (Fsp3) is 0.439. The molecule has 4 atom stereocenters. The maximum atomic E-state index is 13.4. The fourth-order valence-electron chi connectivity index (χ4n) is 7.52. The number of rotatable bonds is 17. The Morgan fingerprint density at radius 1 is 0.909 bits per heavy atom. The summed E-state index contributed by atoms with van der Waals surface area (Å²) in [6, 6.07) is 28.9. The summed E-state index contributed by atoms with van der Waals surface area (Å²) >= 11 is 0. The number of nitrogens with one attached hydrogen (secondary N) is 1. The van der Waals surface area contributed by atoms with Gasteiger partial charge in [-0.05, 0) is 68.7 Å². The van der Waals surface area contributed by atoms with E-state index in [0.29, 0.717) is 11.5 Å². The largest absolute Gasteiger partial charge is 0.497 e. The van der Waals surface area contributed by atoms with Crippen LogP contribution in [0.2, 0.25) is 0 Å². The lowest BCUT2D eigenvalue weighted by Gasteiger charge is -2.45. The van der Waals surface area contributed by atoms with Crippen LogP contribution in [0.25, 0.3) is 0 Å². The van der Waals surface area contributed by atoms with E-state index in [0.717, 1.165) is 16.7 Å². The summed E-state index contributed by atoms with van der Waals surface area (Å²) in [5.74, 6) is 1.38. The molecule has 3 aromatic carbocycles. The first kappa shape index (κ1) is 40.3. The first-order valence-corrected chi connectivity index (χ1v) is 19.5. The number of hydrogen-bond acceptors (Lipinski definition) is 11. The number of ether oxygens (including phenoxy) is 5. The lowest BCUT2D eigenvalue weighted by atomic mass is 9.79. The highest BCUT2D eigenvalue weighted by Gasteiger charge is 2.63. The van der Waals surface area contributed by atoms with Crippen LogP contribution in [0.4, 0.5) is 0 Å². The normalized spacial score (nSPS) is 21.5. The first-order chi connectivity index (χ1) is 26.5. The van der Waals surface area contributed by atoms with Crippen molar-refractivity contribution in [3.63, 3.8) is 0 Å². The van der Waals surface area contributed by atoms with Crippen LogP contribution >= 0.6 is 8.53 Å². The van der Waals surface area contributed by atoms with Gasteiger partial charge in [-0.25, -0.2) is 9.46 Å². The SMILES string of the molecule is COc1ccc(C(OC[C@]23COC[C@](n4ccc(=O)[nH]c4=O)(C[C@@H]2OP(OCCC#N)N(C(C)C)C(C)C)O3)(c2ccccc2)c2ccc(OC)cc2)cc1. The molecule has 2 fully saturated rings. The third-order valence-corrected chi connectivity index (χ3v) is 12.1. The lowest BCUT2D eigenvalue weighted by molar-refractivity contribution is -0.271. The van der Waals surface area contributed by atoms with Gasteiger partial charge >= 0.3 is 5.69 Å². The minimum atomic E-state index is -1.75. The number of aromatic nitrogens is 2. The Bertz CT molecular complexity index is 1980. The highest BCUT2D eigenvalue weighted by Crippen LogP contribution is 2.55. The van der Waals surface area contributed by atoms with Gasteiger partial charge < -0.3 is 32.7 Å². The maximum absolute atomic E-state index is 13.4. The van der Waals surface area contributed by atoms with Gasteiger partial charge in [0.1, 0.15) is 28.8 Å². The van der Waals surface area contributed by atoms with E-state index in [4.69, 9.17) is 32.7 Å². The Hall–Kier alpha value is -4.38. The second kappa shape index (κ2) is 17.2. The molecule has 55 heavy (non-hydrogen) atoms. The van der Waals surface area contributed by atoms with Crippen LogP contribution in [0.1, 0.15) is 57.2 Å². The van der Waals surface area contributed by atoms with Crippen LogP contribution in [0.15, 0.2) is 101 Å². The van der Waals surface area contributed by atoms with Crippen LogP contribution in [-0.2, 0) is 34.6 Å². The average Bonchev–Trinajstić information content (AvgIpc) is 3.40. The van der Waals surface area contributed by atoms with E-state index in [1.807, 2.05) is 78.9 Å². The van der Waals surface area contributed by atoms with Gasteiger partial charge in [-0.15, -0.1) is 0 Å². The standard InChI is InChI=1S/C41H49N4O9P/c1-29(2)45(30(3)4)55(52-24-10-22-42)53-36-25-40(44-23-21-37(46)43-38(44)47)28-50-26-39(36,54-40)27-51-41(31-11-8-7-9-12-31,32-13-17-34(48-5)18-14-32)33-15-19-35(49-6)20-16-33/h7-9,11-21,23,29-30,36H,10,24-28H2,1-6H3,(H,43,46,47)/t36-,39+,40-,55?/m0/s1. The number of methoxy groups -OCH3 is 2. The van der Waals surface area contributed by atoms with E-state index < -0.39 is 42.8 Å². The van der Waals surface area contributed by atoms with Crippen LogP contribution in [0.3, 0.4) is 0 Å². The number of hydrogen-bond donors (Lipinski definition) is 1. The Balaban J connectivity index is 1.50. The molecular weight excluding hydrogens is 723 g/mol. The zero-order chi connectivity index (χ0) is 39.2. The molecule has 2 aliphatic heterocycles. The van der Waals surface area contributed by atoms with Crippen molar-refractivity contribution in [2.75, 3.05) is 40.6 Å². The van der Waals surface area contributed by atoms with Gasteiger partial charge in [-0.2, -0.15) is 5.26 Å². The molecule has 2 bridgehead atoms. The van der Waals surface area contributed by atoms with E-state index in [1.165, 1.54) is 16.8 Å². The molecule has 0 spiro atoms. The molecule has 14 heteroatoms. The van der Waals surface area contributed by atoms with Gasteiger partial charge in [0.15, 0.2) is 5.72 Å². The lowest BCUT2D eigenvalue weighted by Crippen LogP contribution is -2.57. The third-order valence-electron chi connectivity index (χ3n) is 10.0. The smallest absolute Gasteiger partial charge is 0.330 e. The number of H-pyrrole nitrogens is 1. The van der Waals surface area contributed by atoms with Crippen molar-refractivity contribution < 1.29 is 32.7 Å². The highest BCUT2D eigenvalue weighted by atomic mass is 31.2. The van der Waals surface area contributed by atoms with Crippen molar-refractivity contribution in [2.24, 2.45) is 0 Å². The topological polar surface area (TPSA) is 146 Å². The van der Waals surface area contributed by atoms with Crippen molar-refractivity contribution in [3.8, 4) is 17.6 Å². The maximum Gasteiger partial charge on any atom is 0.330 e. The predicted molar refractivity (Wildman–Crippen MR) is 207 cm³/mol. The summed E-state index contributed by atoms with van der Waals surface area (Å²) in [4.78, 5) is 28.0. The molecule has 13 nitrogen and oxygen atoms in total. The van der Waals surface area contributed by atoms with Gasteiger partial charge in [0.25, 0.3) is 14.1 Å². The van der Waals surface area contributed by atoms with Crippen molar-refractivity contribution in [2.45, 2.75) is 75.7 Å². The molecule has 0 saturated carbocycles. The van der Waals surface area contributed by atoms with Crippen LogP contribution in [0, 0.1) is 11.3 Å². The minimum absolute atomic E-state index is 0.0205. The van der Waals surface area contributed by atoms with Crippen molar-refractivity contribution in [3.05, 3.63) is 129 Å². The number of fused-ring (bicyclic) bond motifs is 2. The summed E-state index contributed by atoms with van der Waals surface area (Å²) < 4.78 is 48.9. The summed E-state index contributed by atoms with van der Waals surface area (Å²) in [7, 11) is 1.50. The quantitative estimate of drug-likeness (QED) is 0.0759. The average molecular weight is 773 g/mol. The minimum Gasteiger partial charge on any atom is -0.497 e. The van der Waals surface area contributed by atoms with Crippen LogP contribution < -0.4 is 20.7 Å². The molecule has 1 unspecified atom stereocenters. The second-order valence-electron chi connectivity index (χ2n) is 14.2.